The van der Waals surface area contributed by atoms with Gasteiger partial charge in [-0.1, -0.05) is 38.5 Å². The number of aryl methyl sites for hydroxylation is 1. The lowest BCUT2D eigenvalue weighted by atomic mass is 10.1. The molecule has 150 valence electrons. The number of hydrazone groups is 1. The maximum absolute atomic E-state index is 11.9. The molecule has 0 aromatic heterocycles. The van der Waals surface area contributed by atoms with E-state index in [2.05, 4.69) is 17.5 Å². The Morgan fingerprint density at radius 3 is 2.64 bits per heavy atom. The minimum Gasteiger partial charge on any atom is -0.493 e. The van der Waals surface area contributed by atoms with Crippen molar-refractivity contribution in [3.8, 4) is 17.2 Å². The van der Waals surface area contributed by atoms with Crippen LogP contribution in [0.5, 0.6) is 17.2 Å². The molecule has 0 bridgehead atoms. The average Bonchev–Trinajstić information content (AvgIpc) is 2.73. The number of benzene rings is 2. The Labute approximate surface area is 166 Å². The fourth-order valence-corrected chi connectivity index (χ4v) is 2.50. The summed E-state index contributed by atoms with van der Waals surface area (Å²) in [7, 11) is 1.59. The van der Waals surface area contributed by atoms with Crippen LogP contribution in [-0.2, 0) is 11.2 Å². The van der Waals surface area contributed by atoms with Crippen molar-refractivity contribution in [1.29, 1.82) is 0 Å². The first-order valence-electron chi connectivity index (χ1n) is 9.51. The third kappa shape index (κ3) is 6.61. The molecular formula is C22H28N2O4. The van der Waals surface area contributed by atoms with Crippen LogP contribution in [0.2, 0.25) is 0 Å². The van der Waals surface area contributed by atoms with Crippen LogP contribution >= 0.6 is 0 Å². The molecular weight excluding hydrogens is 356 g/mol. The Kier molecular flexibility index (Phi) is 8.85. The second-order valence-corrected chi connectivity index (χ2v) is 6.16. The molecule has 0 heterocycles. The van der Waals surface area contributed by atoms with Gasteiger partial charge in [-0.05, 0) is 48.2 Å². The molecule has 0 spiro atoms. The lowest BCUT2D eigenvalue weighted by Crippen LogP contribution is -2.24. The normalized spacial score (nSPS) is 10.7. The summed E-state index contributed by atoms with van der Waals surface area (Å²) >= 11 is 0. The average molecular weight is 384 g/mol. The molecule has 0 aliphatic rings. The van der Waals surface area contributed by atoms with E-state index in [4.69, 9.17) is 14.2 Å². The van der Waals surface area contributed by atoms with E-state index in [1.807, 2.05) is 49.4 Å². The molecule has 2 aromatic rings. The van der Waals surface area contributed by atoms with Gasteiger partial charge in [0.25, 0.3) is 5.91 Å². The fourth-order valence-electron chi connectivity index (χ4n) is 2.50. The molecule has 0 atom stereocenters. The summed E-state index contributed by atoms with van der Waals surface area (Å²) in [6.45, 7) is 4.71. The molecule has 2 rings (SSSR count). The van der Waals surface area contributed by atoms with Crippen molar-refractivity contribution in [3.05, 3.63) is 53.6 Å². The maximum Gasteiger partial charge on any atom is 0.277 e. The molecule has 0 aliphatic carbocycles. The van der Waals surface area contributed by atoms with Crippen LogP contribution < -0.4 is 19.6 Å². The Bertz CT molecular complexity index is 790. The topological polar surface area (TPSA) is 69.2 Å². The van der Waals surface area contributed by atoms with Crippen LogP contribution in [0.1, 0.15) is 37.8 Å². The third-order valence-corrected chi connectivity index (χ3v) is 4.06. The smallest absolute Gasteiger partial charge is 0.277 e. The van der Waals surface area contributed by atoms with E-state index in [9.17, 15) is 4.79 Å². The van der Waals surface area contributed by atoms with Gasteiger partial charge in [0.1, 0.15) is 5.75 Å². The summed E-state index contributed by atoms with van der Waals surface area (Å²) in [5, 5.41) is 3.98. The second-order valence-electron chi connectivity index (χ2n) is 6.16. The van der Waals surface area contributed by atoms with Gasteiger partial charge < -0.3 is 14.2 Å². The molecule has 0 fully saturated rings. The van der Waals surface area contributed by atoms with Crippen LogP contribution in [-0.4, -0.2) is 32.4 Å². The van der Waals surface area contributed by atoms with Gasteiger partial charge in [-0.3, -0.25) is 4.79 Å². The highest BCUT2D eigenvalue weighted by Gasteiger charge is 2.06. The monoisotopic (exact) mass is 384 g/mol. The number of nitrogens with zero attached hydrogens (tertiary/aromatic N) is 1. The summed E-state index contributed by atoms with van der Waals surface area (Å²) in [6.07, 6.45) is 4.45. The van der Waals surface area contributed by atoms with Gasteiger partial charge in [-0.2, -0.15) is 5.10 Å². The molecule has 1 N–H and O–H groups in total. The number of unbranched alkanes of at least 4 members (excludes halogenated alkanes) is 1. The summed E-state index contributed by atoms with van der Waals surface area (Å²) in [5.41, 5.74) is 4.32. The number of nitrogens with one attached hydrogen (secondary N) is 1. The molecule has 0 saturated heterocycles. The lowest BCUT2D eigenvalue weighted by Gasteiger charge is -2.11. The Hall–Kier alpha value is -3.02. The Morgan fingerprint density at radius 1 is 1.07 bits per heavy atom. The van der Waals surface area contributed by atoms with Crippen molar-refractivity contribution in [3.63, 3.8) is 0 Å². The van der Waals surface area contributed by atoms with Crippen LogP contribution in [0.4, 0.5) is 0 Å². The van der Waals surface area contributed by atoms with Crippen LogP contribution in [0, 0.1) is 0 Å². The van der Waals surface area contributed by atoms with E-state index < -0.39 is 0 Å². The highest BCUT2D eigenvalue weighted by Crippen LogP contribution is 2.27. The highest BCUT2D eigenvalue weighted by molar-refractivity contribution is 5.83. The molecule has 6 heteroatoms. The second kappa shape index (κ2) is 11.6. The van der Waals surface area contributed by atoms with Crippen LogP contribution in [0.3, 0.4) is 0 Å². The van der Waals surface area contributed by atoms with E-state index in [1.54, 1.807) is 13.3 Å². The van der Waals surface area contributed by atoms with Crippen molar-refractivity contribution >= 4 is 12.1 Å². The van der Waals surface area contributed by atoms with Crippen LogP contribution in [0.25, 0.3) is 0 Å². The third-order valence-electron chi connectivity index (χ3n) is 4.06. The predicted octanol–water partition coefficient (Wildman–Crippen LogP) is 3.97. The molecule has 0 unspecified atom stereocenters. The first kappa shape index (κ1) is 21.3. The van der Waals surface area contributed by atoms with E-state index in [0.717, 1.165) is 30.4 Å². The zero-order valence-electron chi connectivity index (χ0n) is 16.7. The summed E-state index contributed by atoms with van der Waals surface area (Å²) in [6, 6.07) is 13.2. The van der Waals surface area contributed by atoms with Crippen molar-refractivity contribution in [1.82, 2.24) is 5.43 Å². The van der Waals surface area contributed by atoms with Crippen molar-refractivity contribution < 1.29 is 19.0 Å². The zero-order valence-corrected chi connectivity index (χ0v) is 16.7. The number of amides is 1. The van der Waals surface area contributed by atoms with Crippen molar-refractivity contribution in [2.24, 2.45) is 5.10 Å². The molecule has 0 saturated carbocycles. The van der Waals surface area contributed by atoms with Crippen molar-refractivity contribution in [2.45, 2.75) is 33.1 Å². The minimum atomic E-state index is -0.325. The van der Waals surface area contributed by atoms with Gasteiger partial charge in [-0.15, -0.1) is 0 Å². The van der Waals surface area contributed by atoms with Crippen molar-refractivity contribution in [2.75, 3.05) is 20.3 Å². The van der Waals surface area contributed by atoms with Gasteiger partial charge in [0, 0.05) is 0 Å². The fraction of sp³-hybridized carbons (Fsp3) is 0.364. The lowest BCUT2D eigenvalue weighted by molar-refractivity contribution is -0.123. The number of carbonyl (C=O) groups excluding carboxylic acids is 1. The van der Waals surface area contributed by atoms with Gasteiger partial charge in [0.2, 0.25) is 0 Å². The van der Waals surface area contributed by atoms with E-state index in [0.29, 0.717) is 23.9 Å². The number of carbonyl (C=O) groups is 1. The maximum atomic E-state index is 11.9. The Morgan fingerprint density at radius 2 is 1.89 bits per heavy atom. The van der Waals surface area contributed by atoms with Gasteiger partial charge >= 0.3 is 0 Å². The first-order chi connectivity index (χ1) is 13.7. The highest BCUT2D eigenvalue weighted by atomic mass is 16.5. The number of ether oxygens (including phenoxy) is 3. The standard InChI is InChI=1S/C22H28N2O4/c1-4-6-13-27-20-12-11-17(14-21(20)26-3)15-23-24-22(25)16-28-19-10-8-7-9-18(19)5-2/h7-12,14-15H,4-6,13,16H2,1-3H3,(H,24,25)/b23-15+. The number of hydrogen-bond acceptors (Lipinski definition) is 5. The zero-order chi connectivity index (χ0) is 20.2. The molecule has 1 amide bonds. The largest absolute Gasteiger partial charge is 0.493 e. The van der Waals surface area contributed by atoms with Crippen LogP contribution in [0.15, 0.2) is 47.6 Å². The quantitative estimate of drug-likeness (QED) is 0.362. The summed E-state index contributed by atoms with van der Waals surface area (Å²) in [4.78, 5) is 11.9. The number of methoxy groups -OCH3 is 1. The van der Waals surface area contributed by atoms with E-state index in [-0.39, 0.29) is 12.5 Å². The Balaban J connectivity index is 1.86. The number of hydrogen-bond donors (Lipinski definition) is 1. The number of para-hydroxylation sites is 1. The van der Waals surface area contributed by atoms with E-state index in [1.165, 1.54) is 0 Å². The summed E-state index contributed by atoms with van der Waals surface area (Å²) in [5.74, 6) is 1.71. The predicted molar refractivity (Wildman–Crippen MR) is 110 cm³/mol. The number of rotatable bonds is 11. The van der Waals surface area contributed by atoms with Gasteiger partial charge in [0.05, 0.1) is 19.9 Å². The molecule has 0 aliphatic heterocycles. The first-order valence-corrected chi connectivity index (χ1v) is 9.51. The molecule has 2 aromatic carbocycles. The molecule has 6 nitrogen and oxygen atoms in total. The molecule has 0 radical (unpaired) electrons. The molecule has 28 heavy (non-hydrogen) atoms. The summed E-state index contributed by atoms with van der Waals surface area (Å²) < 4.78 is 16.6. The SMILES string of the molecule is CCCCOc1ccc(/C=N/NC(=O)COc2ccccc2CC)cc1OC. The minimum absolute atomic E-state index is 0.0954. The van der Waals surface area contributed by atoms with E-state index >= 15 is 0 Å². The van der Waals surface area contributed by atoms with Gasteiger partial charge in [0.15, 0.2) is 18.1 Å². The van der Waals surface area contributed by atoms with Gasteiger partial charge in [-0.25, -0.2) is 5.43 Å².